The Morgan fingerprint density at radius 1 is 1.09 bits per heavy atom. The molecular formula is C24H20N2O6S. The minimum absolute atomic E-state index is 0.185. The van der Waals surface area contributed by atoms with Crippen LogP contribution in [0.4, 0.5) is 0 Å². The van der Waals surface area contributed by atoms with Crippen LogP contribution >= 0.6 is 11.8 Å². The number of nitrogens with one attached hydrogen (secondary N) is 1. The van der Waals surface area contributed by atoms with Crippen LogP contribution in [-0.4, -0.2) is 50.0 Å². The molecule has 33 heavy (non-hydrogen) atoms. The standard InChI is InChI=1S/C24H20N2O6S/c1-24(2)19(23(30)31)26-21(29)18(22(26)33-24)25-20(28)13-7-5-6-12(10-13)17-11-15(27)14-8-3-4-9-16(14)32-17/h3-11,18-19,22H,1-2H3,(H,25,28)(H,30,31)/t18-,19+,22-/m1/s1. The quantitative estimate of drug-likeness (QED) is 0.570. The molecule has 0 unspecified atom stereocenters. The van der Waals surface area contributed by atoms with Crippen LogP contribution in [0.5, 0.6) is 0 Å². The van der Waals surface area contributed by atoms with E-state index in [9.17, 15) is 24.3 Å². The molecule has 1 aromatic heterocycles. The van der Waals surface area contributed by atoms with Crippen molar-refractivity contribution < 1.29 is 23.9 Å². The number of β-lactam (4-membered cyclic amide) rings is 1. The third kappa shape index (κ3) is 3.39. The molecule has 3 aromatic rings. The van der Waals surface area contributed by atoms with E-state index in [1.807, 2.05) is 0 Å². The van der Waals surface area contributed by atoms with Crippen molar-refractivity contribution in [2.24, 2.45) is 0 Å². The fourth-order valence-corrected chi connectivity index (χ4v) is 6.06. The van der Waals surface area contributed by atoms with Crippen LogP contribution < -0.4 is 10.7 Å². The maximum atomic E-state index is 12.9. The highest BCUT2D eigenvalue weighted by Gasteiger charge is 2.64. The number of nitrogens with zero attached hydrogens (tertiary/aromatic N) is 1. The summed E-state index contributed by atoms with van der Waals surface area (Å²) >= 11 is 1.37. The Hall–Kier alpha value is -3.59. The Bertz CT molecular complexity index is 1380. The lowest BCUT2D eigenvalue weighted by molar-refractivity contribution is -0.159. The molecule has 5 rings (SSSR count). The predicted octanol–water partition coefficient (Wildman–Crippen LogP) is 2.71. The maximum Gasteiger partial charge on any atom is 0.327 e. The molecule has 0 saturated carbocycles. The van der Waals surface area contributed by atoms with Crippen molar-refractivity contribution in [2.75, 3.05) is 0 Å². The van der Waals surface area contributed by atoms with E-state index in [-0.39, 0.29) is 5.43 Å². The van der Waals surface area contributed by atoms with Gasteiger partial charge in [-0.1, -0.05) is 24.3 Å². The number of fused-ring (bicyclic) bond motifs is 2. The van der Waals surface area contributed by atoms with Gasteiger partial charge in [-0.15, -0.1) is 11.8 Å². The summed E-state index contributed by atoms with van der Waals surface area (Å²) in [7, 11) is 0. The lowest BCUT2D eigenvalue weighted by Gasteiger charge is -2.43. The van der Waals surface area contributed by atoms with Gasteiger partial charge in [-0.25, -0.2) is 4.79 Å². The molecule has 2 fully saturated rings. The summed E-state index contributed by atoms with van der Waals surface area (Å²) in [5, 5.41) is 12.3. The first-order valence-electron chi connectivity index (χ1n) is 10.3. The number of hydrogen-bond donors (Lipinski definition) is 2. The lowest BCUT2D eigenvalue weighted by Crippen LogP contribution is -2.70. The number of aliphatic carboxylic acids is 1. The molecule has 0 bridgehead atoms. The molecule has 3 heterocycles. The molecule has 2 saturated heterocycles. The summed E-state index contributed by atoms with van der Waals surface area (Å²) in [4.78, 5) is 51.0. The Balaban J connectivity index is 1.38. The van der Waals surface area contributed by atoms with Crippen LogP contribution in [0.15, 0.2) is 63.8 Å². The number of para-hydroxylation sites is 1. The molecule has 168 valence electrons. The molecule has 2 N–H and O–H groups in total. The van der Waals surface area contributed by atoms with Crippen LogP contribution in [0.25, 0.3) is 22.3 Å². The van der Waals surface area contributed by atoms with E-state index in [1.54, 1.807) is 62.4 Å². The van der Waals surface area contributed by atoms with Gasteiger partial charge >= 0.3 is 5.97 Å². The second-order valence-corrected chi connectivity index (χ2v) is 10.4. The van der Waals surface area contributed by atoms with Crippen molar-refractivity contribution >= 4 is 40.5 Å². The Labute approximate surface area is 192 Å². The maximum absolute atomic E-state index is 12.9. The SMILES string of the molecule is CC1(C)S[C@@H]2[C@H](NC(=O)c3cccc(-c4cc(=O)c5ccccc5o4)c3)C(=O)N2[C@H]1C(=O)O. The number of carboxylic acid groups (broad SMARTS) is 1. The summed E-state index contributed by atoms with van der Waals surface area (Å²) in [5.74, 6) is -1.60. The van der Waals surface area contributed by atoms with Gasteiger partial charge in [0.2, 0.25) is 5.91 Å². The summed E-state index contributed by atoms with van der Waals surface area (Å²) in [5.41, 5.74) is 1.11. The van der Waals surface area contributed by atoms with E-state index in [0.29, 0.717) is 27.9 Å². The number of amides is 2. The first-order valence-corrected chi connectivity index (χ1v) is 11.2. The van der Waals surface area contributed by atoms with Gasteiger partial charge in [0, 0.05) is 21.9 Å². The van der Waals surface area contributed by atoms with E-state index < -0.39 is 40.0 Å². The average Bonchev–Trinajstić information content (AvgIpc) is 3.05. The van der Waals surface area contributed by atoms with E-state index in [2.05, 4.69) is 5.32 Å². The van der Waals surface area contributed by atoms with Gasteiger partial charge in [0.25, 0.3) is 5.91 Å². The number of thioether (sulfide) groups is 1. The van der Waals surface area contributed by atoms with Crippen LogP contribution in [-0.2, 0) is 9.59 Å². The topological polar surface area (TPSA) is 117 Å². The van der Waals surface area contributed by atoms with Crippen molar-refractivity contribution in [2.45, 2.75) is 36.1 Å². The van der Waals surface area contributed by atoms with Crippen LogP contribution in [0.2, 0.25) is 0 Å². The summed E-state index contributed by atoms with van der Waals surface area (Å²) in [6.45, 7) is 3.56. The number of carbonyl (C=O) groups excluding carboxylic acids is 2. The molecule has 2 aromatic carbocycles. The Kier molecular flexibility index (Phi) is 4.82. The normalized spacial score (nSPS) is 23.2. The molecule has 0 aliphatic carbocycles. The van der Waals surface area contributed by atoms with Crippen molar-refractivity contribution in [1.29, 1.82) is 0 Å². The second-order valence-electron chi connectivity index (χ2n) is 8.60. The zero-order valence-corrected chi connectivity index (χ0v) is 18.6. The first kappa shape index (κ1) is 21.3. The molecule has 2 amide bonds. The van der Waals surface area contributed by atoms with E-state index in [0.717, 1.165) is 0 Å². The number of carbonyl (C=O) groups is 3. The van der Waals surface area contributed by atoms with Gasteiger partial charge in [0.1, 0.15) is 28.8 Å². The predicted molar refractivity (Wildman–Crippen MR) is 123 cm³/mol. The smallest absolute Gasteiger partial charge is 0.327 e. The molecule has 0 spiro atoms. The van der Waals surface area contributed by atoms with Crippen LogP contribution in [0, 0.1) is 0 Å². The van der Waals surface area contributed by atoms with E-state index in [1.165, 1.54) is 22.7 Å². The van der Waals surface area contributed by atoms with Gasteiger partial charge in [0.15, 0.2) is 5.43 Å². The first-order chi connectivity index (χ1) is 15.7. The highest BCUT2D eigenvalue weighted by molar-refractivity contribution is 8.01. The molecule has 8 nitrogen and oxygen atoms in total. The van der Waals surface area contributed by atoms with Crippen molar-refractivity contribution in [1.82, 2.24) is 10.2 Å². The van der Waals surface area contributed by atoms with Gasteiger partial charge < -0.3 is 19.7 Å². The van der Waals surface area contributed by atoms with Gasteiger partial charge in [-0.2, -0.15) is 0 Å². The summed E-state index contributed by atoms with van der Waals surface area (Å²) < 4.78 is 5.19. The van der Waals surface area contributed by atoms with Crippen molar-refractivity contribution in [3.8, 4) is 11.3 Å². The highest BCUT2D eigenvalue weighted by atomic mass is 32.2. The molecule has 2 aliphatic rings. The zero-order chi connectivity index (χ0) is 23.5. The average molecular weight is 464 g/mol. The fraction of sp³-hybridized carbons (Fsp3) is 0.250. The minimum atomic E-state index is -1.06. The van der Waals surface area contributed by atoms with Crippen molar-refractivity contribution in [3.05, 3.63) is 70.4 Å². The molecule has 9 heteroatoms. The molecule has 0 radical (unpaired) electrons. The van der Waals surface area contributed by atoms with Crippen LogP contribution in [0.1, 0.15) is 24.2 Å². The second kappa shape index (κ2) is 7.48. The molecule has 2 aliphatic heterocycles. The van der Waals surface area contributed by atoms with E-state index in [4.69, 9.17) is 4.42 Å². The number of benzene rings is 2. The lowest BCUT2D eigenvalue weighted by atomic mass is 9.96. The largest absolute Gasteiger partial charge is 0.480 e. The Morgan fingerprint density at radius 3 is 2.61 bits per heavy atom. The van der Waals surface area contributed by atoms with Gasteiger partial charge in [-0.05, 0) is 38.1 Å². The molecule has 3 atom stereocenters. The van der Waals surface area contributed by atoms with Crippen molar-refractivity contribution in [3.63, 3.8) is 0 Å². The Morgan fingerprint density at radius 2 is 1.85 bits per heavy atom. The number of rotatable bonds is 4. The minimum Gasteiger partial charge on any atom is -0.480 e. The van der Waals surface area contributed by atoms with Gasteiger partial charge in [0.05, 0.1) is 5.39 Å². The molecular weight excluding hydrogens is 444 g/mol. The van der Waals surface area contributed by atoms with Crippen LogP contribution in [0.3, 0.4) is 0 Å². The van der Waals surface area contributed by atoms with Gasteiger partial charge in [-0.3, -0.25) is 14.4 Å². The summed E-state index contributed by atoms with van der Waals surface area (Å²) in [6.07, 6.45) is 0. The third-order valence-electron chi connectivity index (χ3n) is 6.01. The zero-order valence-electron chi connectivity index (χ0n) is 17.8. The number of carboxylic acids is 1. The highest BCUT2D eigenvalue weighted by Crippen LogP contribution is 2.50. The van der Waals surface area contributed by atoms with E-state index >= 15 is 0 Å². The summed E-state index contributed by atoms with van der Waals surface area (Å²) in [6, 6.07) is 13.2. The number of hydrogen-bond acceptors (Lipinski definition) is 6. The third-order valence-corrected chi connectivity index (χ3v) is 7.58. The monoisotopic (exact) mass is 464 g/mol. The fourth-order valence-electron chi connectivity index (χ4n) is 4.43.